The molecule has 0 saturated heterocycles. The predicted octanol–water partition coefficient (Wildman–Crippen LogP) is 0.723. The zero-order chi connectivity index (χ0) is 12.8. The lowest BCUT2D eigenvalue weighted by molar-refractivity contribution is -0.118. The van der Waals surface area contributed by atoms with Crippen molar-refractivity contribution in [1.82, 2.24) is 25.5 Å². The Kier molecular flexibility index (Phi) is 4.71. The molecule has 0 bridgehead atoms. The largest absolute Gasteiger partial charge is 0.355 e. The summed E-state index contributed by atoms with van der Waals surface area (Å²) >= 11 is 3.03. The first kappa shape index (κ1) is 13.0. The van der Waals surface area contributed by atoms with Crippen LogP contribution in [-0.2, 0) is 18.3 Å². The Morgan fingerprint density at radius 3 is 3.17 bits per heavy atom. The first-order valence-electron chi connectivity index (χ1n) is 5.40. The number of carbonyl (C=O) groups excluding carboxylic acids is 1. The van der Waals surface area contributed by atoms with Gasteiger partial charge in [-0.05, 0) is 28.3 Å². The van der Waals surface area contributed by atoms with Crippen LogP contribution in [0.1, 0.15) is 4.88 Å². The third kappa shape index (κ3) is 3.81. The fourth-order valence-corrected chi connectivity index (χ4v) is 2.69. The maximum atomic E-state index is 11.6. The SMILES string of the molecule is Cn1nnnc1SCC(=O)NCCc1cccs1. The molecule has 0 atom stereocenters. The molecule has 0 fully saturated rings. The number of aromatic nitrogens is 4. The van der Waals surface area contributed by atoms with Crippen LogP contribution in [0.3, 0.4) is 0 Å². The van der Waals surface area contributed by atoms with Crippen LogP contribution >= 0.6 is 23.1 Å². The second-order valence-electron chi connectivity index (χ2n) is 3.55. The maximum Gasteiger partial charge on any atom is 0.230 e. The van der Waals surface area contributed by atoms with Gasteiger partial charge in [-0.1, -0.05) is 17.8 Å². The lowest BCUT2D eigenvalue weighted by Gasteiger charge is -2.03. The number of tetrazole rings is 1. The van der Waals surface area contributed by atoms with Crippen LogP contribution in [0.5, 0.6) is 0 Å². The minimum Gasteiger partial charge on any atom is -0.355 e. The van der Waals surface area contributed by atoms with Crippen LogP contribution in [-0.4, -0.2) is 38.4 Å². The summed E-state index contributed by atoms with van der Waals surface area (Å²) in [5, 5.41) is 16.5. The molecule has 2 heterocycles. The molecule has 1 amide bonds. The molecule has 2 rings (SSSR count). The molecular formula is C10H13N5OS2. The summed E-state index contributed by atoms with van der Waals surface area (Å²) in [6.45, 7) is 0.664. The van der Waals surface area contributed by atoms with Gasteiger partial charge in [-0.25, -0.2) is 4.68 Å². The van der Waals surface area contributed by atoms with Crippen molar-refractivity contribution in [3.8, 4) is 0 Å². The van der Waals surface area contributed by atoms with Crippen LogP contribution in [0.15, 0.2) is 22.7 Å². The van der Waals surface area contributed by atoms with Gasteiger partial charge in [0.1, 0.15) is 0 Å². The van der Waals surface area contributed by atoms with Crippen molar-refractivity contribution >= 4 is 29.0 Å². The summed E-state index contributed by atoms with van der Waals surface area (Å²) in [4.78, 5) is 12.8. The third-order valence-electron chi connectivity index (χ3n) is 2.19. The van der Waals surface area contributed by atoms with Gasteiger partial charge in [0.15, 0.2) is 0 Å². The van der Waals surface area contributed by atoms with E-state index in [1.165, 1.54) is 16.6 Å². The quantitative estimate of drug-likeness (QED) is 0.791. The predicted molar refractivity (Wildman–Crippen MR) is 70.6 cm³/mol. The molecule has 96 valence electrons. The molecule has 2 aromatic heterocycles. The average molecular weight is 283 g/mol. The third-order valence-corrected chi connectivity index (χ3v) is 4.13. The van der Waals surface area contributed by atoms with E-state index in [1.54, 1.807) is 23.1 Å². The van der Waals surface area contributed by atoms with Gasteiger partial charge in [0.2, 0.25) is 11.1 Å². The Bertz CT molecular complexity index is 496. The van der Waals surface area contributed by atoms with Gasteiger partial charge < -0.3 is 5.32 Å². The van der Waals surface area contributed by atoms with E-state index in [2.05, 4.69) is 26.9 Å². The van der Waals surface area contributed by atoms with Crippen LogP contribution in [0.4, 0.5) is 0 Å². The molecule has 0 unspecified atom stereocenters. The first-order chi connectivity index (χ1) is 8.75. The van der Waals surface area contributed by atoms with E-state index >= 15 is 0 Å². The van der Waals surface area contributed by atoms with Crippen LogP contribution in [0, 0.1) is 0 Å². The number of hydrogen-bond acceptors (Lipinski definition) is 6. The van der Waals surface area contributed by atoms with Gasteiger partial charge in [0.05, 0.1) is 5.75 Å². The molecule has 0 spiro atoms. The average Bonchev–Trinajstić information content (AvgIpc) is 2.98. The number of carbonyl (C=O) groups is 1. The summed E-state index contributed by atoms with van der Waals surface area (Å²) in [6.07, 6.45) is 0.875. The van der Waals surface area contributed by atoms with Gasteiger partial charge in [-0.3, -0.25) is 4.79 Å². The summed E-state index contributed by atoms with van der Waals surface area (Å²) in [6, 6.07) is 4.08. The minimum atomic E-state index is -0.000411. The highest BCUT2D eigenvalue weighted by Gasteiger charge is 2.07. The van der Waals surface area contributed by atoms with Crippen LogP contribution < -0.4 is 5.32 Å². The molecular weight excluding hydrogens is 270 g/mol. The number of amides is 1. The second kappa shape index (κ2) is 6.50. The van der Waals surface area contributed by atoms with E-state index in [9.17, 15) is 4.79 Å². The summed E-state index contributed by atoms with van der Waals surface area (Å²) in [5.74, 6) is 0.332. The molecule has 0 aliphatic heterocycles. The number of thioether (sulfide) groups is 1. The highest BCUT2D eigenvalue weighted by molar-refractivity contribution is 7.99. The lowest BCUT2D eigenvalue weighted by atomic mass is 10.3. The Morgan fingerprint density at radius 2 is 2.50 bits per heavy atom. The van der Waals surface area contributed by atoms with Crippen molar-refractivity contribution in [3.63, 3.8) is 0 Å². The fourth-order valence-electron chi connectivity index (χ4n) is 1.30. The van der Waals surface area contributed by atoms with Crippen molar-refractivity contribution in [2.24, 2.45) is 7.05 Å². The molecule has 8 heteroatoms. The molecule has 0 radical (unpaired) electrons. The minimum absolute atomic E-state index is 0.000411. The molecule has 0 aliphatic carbocycles. The lowest BCUT2D eigenvalue weighted by Crippen LogP contribution is -2.27. The zero-order valence-corrected chi connectivity index (χ0v) is 11.5. The van der Waals surface area contributed by atoms with Gasteiger partial charge in [0, 0.05) is 18.5 Å². The molecule has 0 saturated carbocycles. The summed E-state index contributed by atoms with van der Waals surface area (Å²) in [7, 11) is 1.75. The van der Waals surface area contributed by atoms with E-state index in [0.29, 0.717) is 17.5 Å². The maximum absolute atomic E-state index is 11.6. The number of nitrogens with one attached hydrogen (secondary N) is 1. The Labute approximate surface area is 113 Å². The van der Waals surface area contributed by atoms with Gasteiger partial charge >= 0.3 is 0 Å². The van der Waals surface area contributed by atoms with Crippen molar-refractivity contribution in [2.45, 2.75) is 11.6 Å². The molecule has 2 aromatic rings. The molecule has 0 aliphatic rings. The Morgan fingerprint density at radius 1 is 1.61 bits per heavy atom. The van der Waals surface area contributed by atoms with E-state index in [1.807, 2.05) is 11.4 Å². The summed E-state index contributed by atoms with van der Waals surface area (Å²) in [5.41, 5.74) is 0. The number of aryl methyl sites for hydroxylation is 1. The second-order valence-corrected chi connectivity index (χ2v) is 5.53. The highest BCUT2D eigenvalue weighted by atomic mass is 32.2. The topological polar surface area (TPSA) is 72.7 Å². The molecule has 18 heavy (non-hydrogen) atoms. The fraction of sp³-hybridized carbons (Fsp3) is 0.400. The van der Waals surface area contributed by atoms with E-state index in [0.717, 1.165) is 6.42 Å². The standard InChI is InChI=1S/C10H13N5OS2/c1-15-10(12-13-14-15)18-7-9(16)11-5-4-8-3-2-6-17-8/h2-3,6H,4-5,7H2,1H3,(H,11,16). The Balaban J connectivity index is 1.65. The van der Waals surface area contributed by atoms with Crippen molar-refractivity contribution < 1.29 is 4.79 Å². The molecule has 1 N–H and O–H groups in total. The number of hydrogen-bond donors (Lipinski definition) is 1. The number of nitrogens with zero attached hydrogens (tertiary/aromatic N) is 4. The van der Waals surface area contributed by atoms with Crippen molar-refractivity contribution in [1.29, 1.82) is 0 Å². The van der Waals surface area contributed by atoms with E-state index < -0.39 is 0 Å². The first-order valence-corrected chi connectivity index (χ1v) is 7.26. The smallest absolute Gasteiger partial charge is 0.230 e. The van der Waals surface area contributed by atoms with Crippen molar-refractivity contribution in [3.05, 3.63) is 22.4 Å². The Hall–Kier alpha value is -1.41. The van der Waals surface area contributed by atoms with Crippen molar-refractivity contribution in [2.75, 3.05) is 12.3 Å². The molecule has 6 nitrogen and oxygen atoms in total. The van der Waals surface area contributed by atoms with Gasteiger partial charge in [0.25, 0.3) is 0 Å². The van der Waals surface area contributed by atoms with E-state index in [4.69, 9.17) is 0 Å². The highest BCUT2D eigenvalue weighted by Crippen LogP contribution is 2.11. The normalized spacial score (nSPS) is 10.5. The van der Waals surface area contributed by atoms with Crippen LogP contribution in [0.2, 0.25) is 0 Å². The van der Waals surface area contributed by atoms with E-state index in [-0.39, 0.29) is 5.91 Å². The number of rotatable bonds is 6. The number of thiophene rings is 1. The monoisotopic (exact) mass is 283 g/mol. The van der Waals surface area contributed by atoms with Crippen LogP contribution in [0.25, 0.3) is 0 Å². The summed E-state index contributed by atoms with van der Waals surface area (Å²) < 4.78 is 1.55. The zero-order valence-electron chi connectivity index (χ0n) is 9.87. The molecule has 0 aromatic carbocycles. The van der Waals surface area contributed by atoms with Gasteiger partial charge in [-0.15, -0.1) is 16.4 Å². The van der Waals surface area contributed by atoms with Gasteiger partial charge in [-0.2, -0.15) is 0 Å².